The van der Waals surface area contributed by atoms with Crippen LogP contribution >= 0.6 is 22.9 Å². The first-order valence-electron chi connectivity index (χ1n) is 8.46. The van der Waals surface area contributed by atoms with E-state index in [1.54, 1.807) is 11.3 Å². The number of thiophene rings is 1. The molecule has 1 aromatic carbocycles. The number of rotatable bonds is 9. The Morgan fingerprint density at radius 3 is 2.80 bits per heavy atom. The molecule has 0 saturated carbocycles. The van der Waals surface area contributed by atoms with Crippen LogP contribution in [0.25, 0.3) is 0 Å². The molecular formula is C19H26ClN2O2S+. The number of carbonyl (C=O) groups is 1. The molecule has 2 rings (SSSR count). The van der Waals surface area contributed by atoms with Crippen LogP contribution < -0.4 is 15.0 Å². The predicted octanol–water partition coefficient (Wildman–Crippen LogP) is 2.87. The van der Waals surface area contributed by atoms with Gasteiger partial charge in [0.1, 0.15) is 11.8 Å². The van der Waals surface area contributed by atoms with Crippen LogP contribution in [0, 0.1) is 6.92 Å². The quantitative estimate of drug-likeness (QED) is 0.656. The third kappa shape index (κ3) is 6.34. The van der Waals surface area contributed by atoms with Crippen LogP contribution in [-0.2, 0) is 4.79 Å². The molecule has 136 valence electrons. The maximum Gasteiger partial charge on any atom is 0.220 e. The van der Waals surface area contributed by atoms with E-state index in [0.29, 0.717) is 31.0 Å². The van der Waals surface area contributed by atoms with Gasteiger partial charge < -0.3 is 15.0 Å². The Morgan fingerprint density at radius 1 is 1.36 bits per heavy atom. The van der Waals surface area contributed by atoms with E-state index >= 15 is 0 Å². The van der Waals surface area contributed by atoms with Crippen LogP contribution in [0.5, 0.6) is 5.75 Å². The molecule has 0 fully saturated rings. The Bertz CT molecular complexity index is 674. The van der Waals surface area contributed by atoms with Crippen molar-refractivity contribution in [2.24, 2.45) is 0 Å². The van der Waals surface area contributed by atoms with Gasteiger partial charge in [-0.2, -0.15) is 0 Å². The van der Waals surface area contributed by atoms with Crippen molar-refractivity contribution in [2.75, 3.05) is 27.2 Å². The maximum atomic E-state index is 12.1. The third-order valence-corrected chi connectivity index (χ3v) is 5.25. The lowest BCUT2D eigenvalue weighted by Gasteiger charge is -2.20. The molecule has 4 nitrogen and oxygen atoms in total. The number of amides is 1. The second kappa shape index (κ2) is 9.80. The van der Waals surface area contributed by atoms with E-state index in [2.05, 4.69) is 30.9 Å². The molecule has 1 heterocycles. The average molecular weight is 382 g/mol. The van der Waals surface area contributed by atoms with Crippen LogP contribution in [-0.4, -0.2) is 33.2 Å². The second-order valence-corrected chi connectivity index (χ2v) is 7.73. The van der Waals surface area contributed by atoms with Gasteiger partial charge in [0.05, 0.1) is 32.1 Å². The Balaban J connectivity index is 1.70. The number of halogens is 1. The largest absolute Gasteiger partial charge is 0.493 e. The highest BCUT2D eigenvalue weighted by Gasteiger charge is 2.19. The number of hydrogen-bond acceptors (Lipinski definition) is 3. The minimum atomic E-state index is 0.0687. The minimum Gasteiger partial charge on any atom is -0.493 e. The van der Waals surface area contributed by atoms with Crippen molar-refractivity contribution in [1.29, 1.82) is 0 Å². The van der Waals surface area contributed by atoms with Crippen molar-refractivity contribution in [3.8, 4) is 5.75 Å². The van der Waals surface area contributed by atoms with Gasteiger partial charge in [0.2, 0.25) is 5.91 Å². The summed E-state index contributed by atoms with van der Waals surface area (Å²) in [4.78, 5) is 14.7. The lowest BCUT2D eigenvalue weighted by Crippen LogP contribution is -3.06. The summed E-state index contributed by atoms with van der Waals surface area (Å²) in [6.45, 7) is 3.13. The molecule has 0 saturated heterocycles. The lowest BCUT2D eigenvalue weighted by molar-refractivity contribution is -0.890. The van der Waals surface area contributed by atoms with Gasteiger partial charge in [-0.05, 0) is 48.6 Å². The standard InChI is InChI=1S/C19H25ClN2O2S/c1-14-12-15(20)8-9-17(14)24-10-4-7-19(23)21-13-16(22(2)3)18-6-5-11-25-18/h5-6,8-9,11-12,16H,4,7,10,13H2,1-3H3,(H,21,23)/p+1/t16-/m0/s1. The van der Waals surface area contributed by atoms with Crippen molar-refractivity contribution in [2.45, 2.75) is 25.8 Å². The molecule has 0 aliphatic heterocycles. The van der Waals surface area contributed by atoms with E-state index in [-0.39, 0.29) is 11.9 Å². The summed E-state index contributed by atoms with van der Waals surface area (Å²) in [6.07, 6.45) is 1.15. The molecule has 2 N–H and O–H groups in total. The zero-order valence-electron chi connectivity index (χ0n) is 15.0. The minimum absolute atomic E-state index is 0.0687. The van der Waals surface area contributed by atoms with Crippen LogP contribution in [0.2, 0.25) is 5.02 Å². The first-order chi connectivity index (χ1) is 12.0. The molecule has 1 amide bonds. The number of hydrogen-bond donors (Lipinski definition) is 2. The summed E-state index contributed by atoms with van der Waals surface area (Å²) in [5, 5.41) is 5.82. The van der Waals surface area contributed by atoms with Gasteiger partial charge in [0, 0.05) is 11.4 Å². The first-order valence-corrected chi connectivity index (χ1v) is 9.72. The second-order valence-electron chi connectivity index (χ2n) is 6.31. The number of quaternary nitrogens is 1. The molecular weight excluding hydrogens is 356 g/mol. The molecule has 0 radical (unpaired) electrons. The van der Waals surface area contributed by atoms with Crippen molar-refractivity contribution in [1.82, 2.24) is 5.32 Å². The molecule has 0 bridgehead atoms. The van der Waals surface area contributed by atoms with Crippen molar-refractivity contribution in [3.05, 3.63) is 51.2 Å². The topological polar surface area (TPSA) is 42.8 Å². The summed E-state index contributed by atoms with van der Waals surface area (Å²) < 4.78 is 5.72. The lowest BCUT2D eigenvalue weighted by atomic mass is 10.2. The summed E-state index contributed by atoms with van der Waals surface area (Å²) in [5.74, 6) is 0.887. The van der Waals surface area contributed by atoms with Crippen molar-refractivity contribution >= 4 is 28.8 Å². The van der Waals surface area contributed by atoms with Gasteiger partial charge in [0.25, 0.3) is 0 Å². The molecule has 0 aliphatic carbocycles. The van der Waals surface area contributed by atoms with Crippen molar-refractivity contribution < 1.29 is 14.4 Å². The van der Waals surface area contributed by atoms with Gasteiger partial charge in [0.15, 0.2) is 0 Å². The summed E-state index contributed by atoms with van der Waals surface area (Å²) in [7, 11) is 4.22. The van der Waals surface area contributed by atoms with Gasteiger partial charge >= 0.3 is 0 Å². The van der Waals surface area contributed by atoms with E-state index in [0.717, 1.165) is 11.3 Å². The Hall–Kier alpha value is -1.56. The zero-order chi connectivity index (χ0) is 18.2. The van der Waals surface area contributed by atoms with Gasteiger partial charge in [-0.1, -0.05) is 17.7 Å². The highest BCUT2D eigenvalue weighted by Crippen LogP contribution is 2.22. The molecule has 25 heavy (non-hydrogen) atoms. The van der Waals surface area contributed by atoms with E-state index in [4.69, 9.17) is 16.3 Å². The molecule has 1 aromatic heterocycles. The molecule has 0 spiro atoms. The monoisotopic (exact) mass is 381 g/mol. The zero-order valence-corrected chi connectivity index (χ0v) is 16.5. The fraction of sp³-hybridized carbons (Fsp3) is 0.421. The average Bonchev–Trinajstić information content (AvgIpc) is 3.07. The Morgan fingerprint density at radius 2 is 2.16 bits per heavy atom. The van der Waals surface area contributed by atoms with E-state index < -0.39 is 0 Å². The smallest absolute Gasteiger partial charge is 0.220 e. The summed E-state index contributed by atoms with van der Waals surface area (Å²) in [6, 6.07) is 10.0. The predicted molar refractivity (Wildman–Crippen MR) is 104 cm³/mol. The number of aryl methyl sites for hydroxylation is 1. The van der Waals surface area contributed by atoms with E-state index in [9.17, 15) is 4.79 Å². The molecule has 0 aliphatic rings. The maximum absolute atomic E-state index is 12.1. The van der Waals surface area contributed by atoms with E-state index in [1.165, 1.54) is 9.78 Å². The number of nitrogens with one attached hydrogen (secondary N) is 2. The summed E-state index contributed by atoms with van der Waals surface area (Å²) in [5.41, 5.74) is 1.00. The van der Waals surface area contributed by atoms with E-state index in [1.807, 2.05) is 31.2 Å². The fourth-order valence-corrected chi connectivity index (χ4v) is 3.75. The molecule has 6 heteroatoms. The number of likely N-dealkylation sites (N-methyl/N-ethyl adjacent to an activating group) is 1. The van der Waals surface area contributed by atoms with Gasteiger partial charge in [-0.3, -0.25) is 4.79 Å². The summed E-state index contributed by atoms with van der Waals surface area (Å²) >= 11 is 7.66. The Labute approximate surface area is 158 Å². The van der Waals surface area contributed by atoms with Crippen LogP contribution in [0.3, 0.4) is 0 Å². The van der Waals surface area contributed by atoms with Crippen molar-refractivity contribution in [3.63, 3.8) is 0 Å². The number of benzene rings is 1. The van der Waals surface area contributed by atoms with Gasteiger partial charge in [-0.15, -0.1) is 11.3 Å². The molecule has 2 aromatic rings. The van der Waals surface area contributed by atoms with Crippen LogP contribution in [0.15, 0.2) is 35.7 Å². The molecule has 1 atom stereocenters. The SMILES string of the molecule is Cc1cc(Cl)ccc1OCCCC(=O)NC[C@@H](c1cccs1)[NH+](C)C. The first kappa shape index (κ1) is 19.8. The number of carbonyl (C=O) groups excluding carboxylic acids is 1. The highest BCUT2D eigenvalue weighted by molar-refractivity contribution is 7.10. The van der Waals surface area contributed by atoms with Crippen LogP contribution in [0.1, 0.15) is 29.3 Å². The highest BCUT2D eigenvalue weighted by atomic mass is 35.5. The third-order valence-electron chi connectivity index (χ3n) is 4.03. The Kier molecular flexibility index (Phi) is 7.75. The van der Waals surface area contributed by atoms with Crippen LogP contribution in [0.4, 0.5) is 0 Å². The molecule has 0 unspecified atom stereocenters. The fourth-order valence-electron chi connectivity index (χ4n) is 2.57. The number of ether oxygens (including phenoxy) is 1. The normalized spacial score (nSPS) is 12.2. The van der Waals surface area contributed by atoms with Gasteiger partial charge in [-0.25, -0.2) is 0 Å².